The van der Waals surface area contributed by atoms with Crippen LogP contribution in [0.2, 0.25) is 0 Å². The van der Waals surface area contributed by atoms with E-state index in [0.29, 0.717) is 0 Å². The van der Waals surface area contributed by atoms with Gasteiger partial charge >= 0.3 is 0 Å². The van der Waals surface area contributed by atoms with Crippen LogP contribution in [0.15, 0.2) is 306 Å². The molecule has 0 unspecified atom stereocenters. The van der Waals surface area contributed by atoms with Crippen LogP contribution in [0.1, 0.15) is 30.5 Å². The quantitative estimate of drug-likeness (QED) is 0.128. The number of benzene rings is 14. The molecule has 0 saturated heterocycles. The third-order valence-corrected chi connectivity index (χ3v) is 18.5. The van der Waals surface area contributed by atoms with E-state index < -0.39 is 5.41 Å². The molecule has 1 aliphatic carbocycles. The first-order valence-corrected chi connectivity index (χ1v) is 30.4. The number of para-hydroxylation sites is 2. The van der Waals surface area contributed by atoms with Crippen molar-refractivity contribution < 1.29 is 8.83 Å². The Morgan fingerprint density at radius 1 is 0.261 bits per heavy atom. The minimum atomic E-state index is -0.395. The molecule has 16 aromatic rings. The van der Waals surface area contributed by atoms with Crippen LogP contribution in [0.4, 0.5) is 34.1 Å². The van der Waals surface area contributed by atoms with E-state index in [1.54, 1.807) is 0 Å². The van der Waals surface area contributed by atoms with Crippen LogP contribution < -0.4 is 9.80 Å². The molecule has 4 heteroatoms. The molecule has 14 aromatic carbocycles. The van der Waals surface area contributed by atoms with Crippen molar-refractivity contribution in [2.45, 2.75) is 26.2 Å². The Bertz CT molecular complexity index is 5310. The van der Waals surface area contributed by atoms with Gasteiger partial charge in [0, 0.05) is 61.1 Å². The fourth-order valence-corrected chi connectivity index (χ4v) is 14.3. The third kappa shape index (κ3) is 8.36. The molecule has 0 atom stereocenters. The first-order chi connectivity index (χ1) is 43.3. The average Bonchev–Trinajstić information content (AvgIpc) is 0.912. The molecule has 0 amide bonds. The lowest BCUT2D eigenvalue weighted by molar-refractivity contribution is 0.645. The summed E-state index contributed by atoms with van der Waals surface area (Å²) >= 11 is 0. The summed E-state index contributed by atoms with van der Waals surface area (Å²) < 4.78 is 12.9. The maximum absolute atomic E-state index is 6.45. The molecule has 2 heterocycles. The number of fused-ring (bicyclic) bond motifs is 10. The Hall–Kier alpha value is -11.2. The van der Waals surface area contributed by atoms with Gasteiger partial charge in [0.05, 0.1) is 0 Å². The van der Waals surface area contributed by atoms with Gasteiger partial charge < -0.3 is 18.6 Å². The van der Waals surface area contributed by atoms with Gasteiger partial charge in [-0.05, 0) is 210 Å². The fraction of sp³-hybridized carbons (Fsp3) is 0.0476. The van der Waals surface area contributed by atoms with E-state index in [9.17, 15) is 0 Å². The van der Waals surface area contributed by atoms with Gasteiger partial charge in [-0.15, -0.1) is 0 Å². The van der Waals surface area contributed by atoms with Crippen LogP contribution >= 0.6 is 0 Å². The molecule has 0 aliphatic heterocycles. The smallest absolute Gasteiger partial charge is 0.135 e. The highest BCUT2D eigenvalue weighted by atomic mass is 16.3. The van der Waals surface area contributed by atoms with Crippen LogP contribution in [0, 0.1) is 6.92 Å². The number of aryl methyl sites for hydroxylation is 1. The predicted molar refractivity (Wildman–Crippen MR) is 369 cm³/mol. The largest absolute Gasteiger partial charge is 0.456 e. The van der Waals surface area contributed by atoms with Crippen molar-refractivity contribution in [1.82, 2.24) is 0 Å². The van der Waals surface area contributed by atoms with E-state index in [1.165, 1.54) is 49.4 Å². The maximum atomic E-state index is 6.45. The number of anilines is 6. The van der Waals surface area contributed by atoms with E-state index in [-0.39, 0.29) is 0 Å². The SMILES string of the molecule is Cc1c2c3c(cccc3c3cc(N(c4cc(-c5ccccc5)cc(-c5ccccc5)c4)c4ccc5oc6ccccc6c5c4)ccc13)C(C)(C)c1cc(N(c3cc(-c4ccccc4)cc(-c4ccccc4)c3)c3ccc4oc5ccccc5c4c3)ccc1-2. The van der Waals surface area contributed by atoms with Gasteiger partial charge in [-0.3, -0.25) is 0 Å². The van der Waals surface area contributed by atoms with Gasteiger partial charge in [0.15, 0.2) is 0 Å². The Balaban J connectivity index is 0.865. The van der Waals surface area contributed by atoms with E-state index in [0.717, 1.165) is 123 Å². The highest BCUT2D eigenvalue weighted by Crippen LogP contribution is 2.55. The monoisotopic (exact) mass is 1130 g/mol. The summed E-state index contributed by atoms with van der Waals surface area (Å²) in [5.74, 6) is 0. The molecule has 88 heavy (non-hydrogen) atoms. The number of furan rings is 2. The van der Waals surface area contributed by atoms with Crippen molar-refractivity contribution in [2.24, 2.45) is 0 Å². The molecule has 0 saturated carbocycles. The Labute approximate surface area is 511 Å². The highest BCUT2D eigenvalue weighted by Gasteiger charge is 2.36. The molecule has 2 aromatic heterocycles. The second kappa shape index (κ2) is 20.2. The number of nitrogens with zero attached hydrogens (tertiary/aromatic N) is 2. The van der Waals surface area contributed by atoms with E-state index in [2.05, 4.69) is 316 Å². The molecular formula is C84H58N2O2. The summed E-state index contributed by atoms with van der Waals surface area (Å²) in [4.78, 5) is 4.90. The topological polar surface area (TPSA) is 32.8 Å². The van der Waals surface area contributed by atoms with Gasteiger partial charge in [-0.2, -0.15) is 0 Å². The predicted octanol–water partition coefficient (Wildman–Crippen LogP) is 24.0. The summed E-state index contributed by atoms with van der Waals surface area (Å²) in [5.41, 5.74) is 25.1. The minimum Gasteiger partial charge on any atom is -0.456 e. The number of hydrogen-bond acceptors (Lipinski definition) is 4. The maximum Gasteiger partial charge on any atom is 0.135 e. The van der Waals surface area contributed by atoms with Gasteiger partial charge in [-0.1, -0.05) is 202 Å². The summed E-state index contributed by atoms with van der Waals surface area (Å²) in [7, 11) is 0. The van der Waals surface area contributed by atoms with Crippen molar-refractivity contribution in [1.29, 1.82) is 0 Å². The van der Waals surface area contributed by atoms with Crippen molar-refractivity contribution in [3.63, 3.8) is 0 Å². The molecular weight excluding hydrogens is 1070 g/mol. The molecule has 0 radical (unpaired) electrons. The fourth-order valence-electron chi connectivity index (χ4n) is 14.3. The lowest BCUT2D eigenvalue weighted by atomic mass is 9.67. The number of rotatable bonds is 10. The van der Waals surface area contributed by atoms with Gasteiger partial charge in [0.1, 0.15) is 22.3 Å². The molecule has 0 fully saturated rings. The summed E-state index contributed by atoms with van der Waals surface area (Å²) in [6.45, 7) is 7.18. The van der Waals surface area contributed by atoms with Crippen molar-refractivity contribution in [3.8, 4) is 55.6 Å². The molecule has 1 aliphatic rings. The second-order valence-electron chi connectivity index (χ2n) is 24.0. The molecule has 0 bridgehead atoms. The highest BCUT2D eigenvalue weighted by molar-refractivity contribution is 6.20. The van der Waals surface area contributed by atoms with Crippen molar-refractivity contribution in [3.05, 3.63) is 314 Å². The summed E-state index contributed by atoms with van der Waals surface area (Å²) in [6.07, 6.45) is 0. The Morgan fingerprint density at radius 2 is 0.648 bits per heavy atom. The normalized spacial score (nSPS) is 12.6. The van der Waals surface area contributed by atoms with Crippen LogP contribution in [0.5, 0.6) is 0 Å². The first-order valence-electron chi connectivity index (χ1n) is 30.4. The summed E-state index contributed by atoms with van der Waals surface area (Å²) in [6, 6.07) is 108. The zero-order valence-electron chi connectivity index (χ0n) is 49.0. The van der Waals surface area contributed by atoms with Gasteiger partial charge in [-0.25, -0.2) is 0 Å². The zero-order chi connectivity index (χ0) is 58.6. The first kappa shape index (κ1) is 51.2. The van der Waals surface area contributed by atoms with Crippen molar-refractivity contribution >= 4 is 99.5 Å². The zero-order valence-corrected chi connectivity index (χ0v) is 49.0. The Kier molecular flexibility index (Phi) is 11.8. The molecule has 17 rings (SSSR count). The lowest BCUT2D eigenvalue weighted by Gasteiger charge is -2.38. The van der Waals surface area contributed by atoms with E-state index in [4.69, 9.17) is 8.83 Å². The van der Waals surface area contributed by atoms with E-state index in [1.807, 2.05) is 12.1 Å². The van der Waals surface area contributed by atoms with Gasteiger partial charge in [0.25, 0.3) is 0 Å². The second-order valence-corrected chi connectivity index (χ2v) is 24.0. The molecule has 0 spiro atoms. The standard InChI is InChI=1S/C84H58N2O2/c1-53-68-39-35-62(85(63-37-41-80-74(50-63)69-29-16-18-33-78(69)87-80)66-45-58(54-21-8-4-9-22-54)43-59(46-66)55-23-10-5-11-24-55)49-73(68)71-31-20-32-76-83(71)82(53)72-40-36-65(52-77(72)84(76,2)3)86(64-38-42-81-75(51-64)70-30-17-19-34-79(70)88-81)67-47-60(56-25-12-6-13-26-56)44-61(48-67)57-27-14-7-15-28-57/h4-52H,1-3H3. The lowest BCUT2D eigenvalue weighted by Crippen LogP contribution is -2.25. The number of hydrogen-bond donors (Lipinski definition) is 0. The Morgan fingerprint density at radius 3 is 1.12 bits per heavy atom. The van der Waals surface area contributed by atoms with Crippen molar-refractivity contribution in [2.75, 3.05) is 9.80 Å². The molecule has 4 nitrogen and oxygen atoms in total. The third-order valence-electron chi connectivity index (χ3n) is 18.5. The minimum absolute atomic E-state index is 0.395. The van der Waals surface area contributed by atoms with Crippen LogP contribution in [-0.2, 0) is 5.41 Å². The molecule has 0 N–H and O–H groups in total. The van der Waals surface area contributed by atoms with Crippen LogP contribution in [0.3, 0.4) is 0 Å². The average molecular weight is 1130 g/mol. The molecule has 416 valence electrons. The van der Waals surface area contributed by atoms with Crippen LogP contribution in [0.25, 0.3) is 121 Å². The van der Waals surface area contributed by atoms with Crippen LogP contribution in [-0.4, -0.2) is 0 Å². The van der Waals surface area contributed by atoms with Gasteiger partial charge in [0.2, 0.25) is 0 Å². The summed E-state index contributed by atoms with van der Waals surface area (Å²) in [5, 5.41) is 9.35. The van der Waals surface area contributed by atoms with E-state index >= 15 is 0 Å².